The number of halogens is 2. The summed E-state index contributed by atoms with van der Waals surface area (Å²) >= 11 is 0. The molecule has 4 rings (SSSR count). The van der Waals surface area contributed by atoms with Crippen LogP contribution in [0.25, 0.3) is 11.3 Å². The summed E-state index contributed by atoms with van der Waals surface area (Å²) in [5.74, 6) is -1.21. The molecule has 3 heterocycles. The van der Waals surface area contributed by atoms with Gasteiger partial charge in [-0.25, -0.2) is 13.8 Å². The minimum absolute atomic E-state index is 0.105. The summed E-state index contributed by atoms with van der Waals surface area (Å²) in [4.78, 5) is 32.1. The molecular weight excluding hydrogens is 366 g/mol. The van der Waals surface area contributed by atoms with E-state index >= 15 is 0 Å². The van der Waals surface area contributed by atoms with E-state index in [1.54, 1.807) is 23.1 Å². The van der Waals surface area contributed by atoms with Crippen LogP contribution in [0.4, 0.5) is 14.6 Å². The van der Waals surface area contributed by atoms with Gasteiger partial charge in [0, 0.05) is 43.4 Å². The second-order valence-electron chi connectivity index (χ2n) is 6.77. The van der Waals surface area contributed by atoms with Crippen LogP contribution in [0.1, 0.15) is 6.42 Å². The van der Waals surface area contributed by atoms with E-state index in [0.717, 1.165) is 11.8 Å². The number of piperazine rings is 1. The van der Waals surface area contributed by atoms with Gasteiger partial charge in [-0.3, -0.25) is 14.5 Å². The van der Waals surface area contributed by atoms with Gasteiger partial charge in [-0.2, -0.15) is 0 Å². The SMILES string of the molecule is O=C(CN1CCN2C(=O)CC=C2C1)Nc1cccc(-c2cc(F)cc(F)c2)n1. The number of benzene rings is 1. The van der Waals surface area contributed by atoms with Gasteiger partial charge in [0.1, 0.15) is 17.5 Å². The molecule has 144 valence electrons. The van der Waals surface area contributed by atoms with Crippen molar-refractivity contribution in [1.82, 2.24) is 14.8 Å². The molecule has 2 amide bonds. The Balaban J connectivity index is 1.40. The first kappa shape index (κ1) is 18.2. The number of anilines is 1. The Hall–Kier alpha value is -3.13. The number of pyridine rings is 1. The van der Waals surface area contributed by atoms with Gasteiger partial charge in [-0.05, 0) is 24.3 Å². The predicted octanol–water partition coefficient (Wildman–Crippen LogP) is 2.40. The molecule has 0 radical (unpaired) electrons. The fourth-order valence-corrected chi connectivity index (χ4v) is 3.44. The van der Waals surface area contributed by atoms with Crippen molar-refractivity contribution < 1.29 is 18.4 Å². The highest BCUT2D eigenvalue weighted by Crippen LogP contribution is 2.22. The number of carbonyl (C=O) groups excluding carboxylic acids is 2. The third-order valence-corrected chi connectivity index (χ3v) is 4.73. The molecule has 28 heavy (non-hydrogen) atoms. The Morgan fingerprint density at radius 3 is 2.71 bits per heavy atom. The standard InChI is InChI=1S/C20H18F2N4O2/c21-14-8-13(9-15(22)10-14)17-2-1-3-18(23-17)24-19(27)12-25-6-7-26-16(11-25)4-5-20(26)28/h1-4,8-10H,5-7,11-12H2,(H,23,24,27). The molecule has 8 heteroatoms. The smallest absolute Gasteiger partial charge is 0.239 e. The summed E-state index contributed by atoms with van der Waals surface area (Å²) in [6.07, 6.45) is 2.32. The fourth-order valence-electron chi connectivity index (χ4n) is 3.44. The summed E-state index contributed by atoms with van der Waals surface area (Å²) in [6.45, 7) is 1.92. The van der Waals surface area contributed by atoms with Crippen molar-refractivity contribution in [3.63, 3.8) is 0 Å². The van der Waals surface area contributed by atoms with Crippen molar-refractivity contribution in [2.24, 2.45) is 0 Å². The lowest BCUT2D eigenvalue weighted by molar-refractivity contribution is -0.128. The molecule has 1 aromatic carbocycles. The van der Waals surface area contributed by atoms with E-state index in [4.69, 9.17) is 0 Å². The zero-order valence-electron chi connectivity index (χ0n) is 15.0. The minimum Gasteiger partial charge on any atom is -0.314 e. The lowest BCUT2D eigenvalue weighted by Crippen LogP contribution is -2.47. The van der Waals surface area contributed by atoms with Crippen LogP contribution in [0.2, 0.25) is 0 Å². The van der Waals surface area contributed by atoms with Gasteiger partial charge in [0.25, 0.3) is 0 Å². The van der Waals surface area contributed by atoms with E-state index in [9.17, 15) is 18.4 Å². The van der Waals surface area contributed by atoms with Gasteiger partial charge in [-0.1, -0.05) is 12.1 Å². The Morgan fingerprint density at radius 1 is 1.14 bits per heavy atom. The highest BCUT2D eigenvalue weighted by Gasteiger charge is 2.29. The largest absolute Gasteiger partial charge is 0.314 e. The normalized spacial score (nSPS) is 16.7. The van der Waals surface area contributed by atoms with Crippen molar-refractivity contribution >= 4 is 17.6 Å². The van der Waals surface area contributed by atoms with Crippen LogP contribution in [0.15, 0.2) is 48.2 Å². The van der Waals surface area contributed by atoms with Crippen LogP contribution in [0.5, 0.6) is 0 Å². The summed E-state index contributed by atoms with van der Waals surface area (Å²) < 4.78 is 26.9. The average molecular weight is 384 g/mol. The van der Waals surface area contributed by atoms with Crippen LogP contribution in [-0.2, 0) is 9.59 Å². The zero-order chi connectivity index (χ0) is 19.7. The van der Waals surface area contributed by atoms with Gasteiger partial charge in [0.05, 0.1) is 12.2 Å². The van der Waals surface area contributed by atoms with Gasteiger partial charge in [0.15, 0.2) is 0 Å². The summed E-state index contributed by atoms with van der Waals surface area (Å²) in [6, 6.07) is 8.07. The minimum atomic E-state index is -0.690. The first-order valence-corrected chi connectivity index (χ1v) is 8.93. The van der Waals surface area contributed by atoms with Gasteiger partial charge < -0.3 is 10.2 Å². The topological polar surface area (TPSA) is 65.5 Å². The van der Waals surface area contributed by atoms with E-state index in [2.05, 4.69) is 10.3 Å². The van der Waals surface area contributed by atoms with Crippen LogP contribution >= 0.6 is 0 Å². The van der Waals surface area contributed by atoms with E-state index in [0.29, 0.717) is 43.1 Å². The second-order valence-corrected chi connectivity index (χ2v) is 6.77. The van der Waals surface area contributed by atoms with E-state index in [1.165, 1.54) is 12.1 Å². The van der Waals surface area contributed by atoms with Gasteiger partial charge in [-0.15, -0.1) is 0 Å². The van der Waals surface area contributed by atoms with Crippen LogP contribution < -0.4 is 5.32 Å². The summed E-state index contributed by atoms with van der Waals surface area (Å²) in [7, 11) is 0. The maximum atomic E-state index is 13.4. The van der Waals surface area contributed by atoms with Gasteiger partial charge >= 0.3 is 0 Å². The number of rotatable bonds is 4. The monoisotopic (exact) mass is 384 g/mol. The molecule has 1 saturated heterocycles. The molecule has 2 aliphatic rings. The molecule has 0 unspecified atom stereocenters. The number of nitrogens with zero attached hydrogens (tertiary/aromatic N) is 3. The third kappa shape index (κ3) is 3.91. The molecule has 1 fully saturated rings. The first-order valence-electron chi connectivity index (χ1n) is 8.93. The average Bonchev–Trinajstić information content (AvgIpc) is 3.01. The summed E-state index contributed by atoms with van der Waals surface area (Å²) in [5.41, 5.74) is 1.60. The van der Waals surface area contributed by atoms with E-state index in [-0.39, 0.29) is 18.4 Å². The molecule has 1 aromatic heterocycles. The lowest BCUT2D eigenvalue weighted by atomic mass is 10.1. The number of fused-ring (bicyclic) bond motifs is 1. The molecule has 0 saturated carbocycles. The quantitative estimate of drug-likeness (QED) is 0.879. The van der Waals surface area contributed by atoms with Crippen molar-refractivity contribution in [3.05, 3.63) is 59.8 Å². The van der Waals surface area contributed by atoms with Crippen molar-refractivity contribution in [2.75, 3.05) is 31.5 Å². The van der Waals surface area contributed by atoms with Crippen LogP contribution in [-0.4, -0.2) is 52.8 Å². The predicted molar refractivity (Wildman–Crippen MR) is 99.1 cm³/mol. The molecule has 2 aromatic rings. The Morgan fingerprint density at radius 2 is 1.93 bits per heavy atom. The zero-order valence-corrected chi connectivity index (χ0v) is 15.0. The number of carbonyl (C=O) groups is 2. The number of hydrogen-bond acceptors (Lipinski definition) is 4. The number of nitrogens with one attached hydrogen (secondary N) is 1. The van der Waals surface area contributed by atoms with Crippen molar-refractivity contribution in [3.8, 4) is 11.3 Å². The molecule has 1 N–H and O–H groups in total. The molecule has 6 nitrogen and oxygen atoms in total. The summed E-state index contributed by atoms with van der Waals surface area (Å²) in [5, 5.41) is 2.72. The number of aromatic nitrogens is 1. The van der Waals surface area contributed by atoms with Crippen LogP contribution in [0.3, 0.4) is 0 Å². The fraction of sp³-hybridized carbons (Fsp3) is 0.250. The Labute approximate surface area is 160 Å². The molecule has 0 aliphatic carbocycles. The van der Waals surface area contributed by atoms with E-state index in [1.807, 2.05) is 11.0 Å². The van der Waals surface area contributed by atoms with E-state index < -0.39 is 11.6 Å². The molecular formula is C20H18F2N4O2. The second kappa shape index (κ2) is 7.47. The molecule has 0 atom stereocenters. The van der Waals surface area contributed by atoms with Crippen molar-refractivity contribution in [2.45, 2.75) is 6.42 Å². The Bertz CT molecular complexity index is 956. The Kier molecular flexibility index (Phi) is 4.87. The maximum absolute atomic E-state index is 13.4. The lowest BCUT2D eigenvalue weighted by Gasteiger charge is -2.33. The molecule has 2 aliphatic heterocycles. The van der Waals surface area contributed by atoms with Gasteiger partial charge in [0.2, 0.25) is 11.8 Å². The first-order chi connectivity index (χ1) is 13.5. The molecule has 0 spiro atoms. The number of amides is 2. The highest BCUT2D eigenvalue weighted by molar-refractivity contribution is 5.91. The van der Waals surface area contributed by atoms with Crippen LogP contribution in [0, 0.1) is 11.6 Å². The third-order valence-electron chi connectivity index (χ3n) is 4.73. The maximum Gasteiger partial charge on any atom is 0.239 e. The number of hydrogen-bond donors (Lipinski definition) is 1. The molecule has 0 bridgehead atoms. The highest BCUT2D eigenvalue weighted by atomic mass is 19.1. The van der Waals surface area contributed by atoms with Crippen molar-refractivity contribution in [1.29, 1.82) is 0 Å².